The van der Waals surface area contributed by atoms with Gasteiger partial charge in [0, 0.05) is 19.6 Å². The van der Waals surface area contributed by atoms with Gasteiger partial charge < -0.3 is 4.74 Å². The predicted octanol–water partition coefficient (Wildman–Crippen LogP) is 1.35. The largest absolute Gasteiger partial charge is 0.379 e. The van der Waals surface area contributed by atoms with Crippen LogP contribution in [0, 0.1) is 0 Å². The van der Waals surface area contributed by atoms with Gasteiger partial charge in [-0.25, -0.2) is 9.79 Å². The summed E-state index contributed by atoms with van der Waals surface area (Å²) in [7, 11) is 0. The van der Waals surface area contributed by atoms with Crippen molar-refractivity contribution in [1.29, 1.82) is 0 Å². The lowest BCUT2D eigenvalue weighted by Crippen LogP contribution is -2.35. The molecule has 0 amide bonds. The van der Waals surface area contributed by atoms with Crippen LogP contribution in [0.15, 0.2) is 29.3 Å². The zero-order valence-electron chi connectivity index (χ0n) is 9.76. The molecular weight excluding hydrogens is 216 g/mol. The Morgan fingerprint density at radius 3 is 2.47 bits per heavy atom. The quantitative estimate of drug-likeness (QED) is 0.581. The van der Waals surface area contributed by atoms with Crippen LogP contribution in [0.3, 0.4) is 0 Å². The standard InChI is InChI=1S/C13H16N2O2/c16-11-14-9-12-1-3-13(4-2-12)10-15-5-7-17-8-6-15/h1-4H,5-10H2. The van der Waals surface area contributed by atoms with Crippen molar-refractivity contribution in [3.63, 3.8) is 0 Å². The Morgan fingerprint density at radius 2 is 1.82 bits per heavy atom. The van der Waals surface area contributed by atoms with Gasteiger partial charge in [0.1, 0.15) is 0 Å². The number of aliphatic imine (C=N–C) groups is 1. The molecule has 0 atom stereocenters. The third kappa shape index (κ3) is 3.79. The van der Waals surface area contributed by atoms with E-state index in [4.69, 9.17) is 4.74 Å². The van der Waals surface area contributed by atoms with Crippen LogP contribution in [0.2, 0.25) is 0 Å². The number of ether oxygens (including phenoxy) is 1. The van der Waals surface area contributed by atoms with E-state index in [1.54, 1.807) is 6.08 Å². The first kappa shape index (κ1) is 12.0. The number of hydrogen-bond acceptors (Lipinski definition) is 4. The van der Waals surface area contributed by atoms with Crippen molar-refractivity contribution < 1.29 is 9.53 Å². The molecule has 1 aromatic carbocycles. The van der Waals surface area contributed by atoms with Gasteiger partial charge in [-0.05, 0) is 11.1 Å². The van der Waals surface area contributed by atoms with Crippen LogP contribution in [0.4, 0.5) is 0 Å². The molecule has 4 heteroatoms. The van der Waals surface area contributed by atoms with Crippen LogP contribution in [0.25, 0.3) is 0 Å². The molecule has 1 saturated heterocycles. The fourth-order valence-corrected chi connectivity index (χ4v) is 1.89. The molecule has 1 heterocycles. The highest BCUT2D eigenvalue weighted by Crippen LogP contribution is 2.09. The molecule has 0 aromatic heterocycles. The summed E-state index contributed by atoms with van der Waals surface area (Å²) >= 11 is 0. The second kappa shape index (κ2) is 6.30. The normalized spacial score (nSPS) is 16.5. The number of nitrogens with zero attached hydrogens (tertiary/aromatic N) is 2. The lowest BCUT2D eigenvalue weighted by molar-refractivity contribution is 0.0342. The van der Waals surface area contributed by atoms with Gasteiger partial charge in [-0.15, -0.1) is 0 Å². The highest BCUT2D eigenvalue weighted by Gasteiger charge is 2.10. The van der Waals surface area contributed by atoms with Gasteiger partial charge in [0.05, 0.1) is 19.8 Å². The monoisotopic (exact) mass is 232 g/mol. The molecule has 0 bridgehead atoms. The second-order valence-electron chi connectivity index (χ2n) is 4.11. The minimum atomic E-state index is 0.418. The predicted molar refractivity (Wildman–Crippen MR) is 64.4 cm³/mol. The van der Waals surface area contributed by atoms with Gasteiger partial charge in [-0.2, -0.15) is 0 Å². The Kier molecular flexibility index (Phi) is 4.45. The number of rotatable bonds is 4. The minimum Gasteiger partial charge on any atom is -0.379 e. The zero-order chi connectivity index (χ0) is 11.9. The molecule has 17 heavy (non-hydrogen) atoms. The van der Waals surface area contributed by atoms with Crippen molar-refractivity contribution in [2.75, 3.05) is 26.3 Å². The zero-order valence-corrected chi connectivity index (χ0v) is 9.76. The number of morpholine rings is 1. The van der Waals surface area contributed by atoms with Crippen LogP contribution >= 0.6 is 0 Å². The smallest absolute Gasteiger partial charge is 0.235 e. The Balaban J connectivity index is 1.90. The van der Waals surface area contributed by atoms with Crippen molar-refractivity contribution in [2.45, 2.75) is 13.1 Å². The van der Waals surface area contributed by atoms with E-state index in [0.29, 0.717) is 6.54 Å². The molecule has 0 radical (unpaired) electrons. The van der Waals surface area contributed by atoms with E-state index in [1.165, 1.54) is 5.56 Å². The minimum absolute atomic E-state index is 0.418. The van der Waals surface area contributed by atoms with Crippen LogP contribution < -0.4 is 0 Å². The molecule has 90 valence electrons. The molecule has 2 rings (SSSR count). The van der Waals surface area contributed by atoms with Crippen LogP contribution in [-0.4, -0.2) is 37.3 Å². The number of benzene rings is 1. The summed E-state index contributed by atoms with van der Waals surface area (Å²) in [5, 5.41) is 0. The first-order valence-corrected chi connectivity index (χ1v) is 5.80. The van der Waals surface area contributed by atoms with E-state index in [1.807, 2.05) is 12.1 Å². The fourth-order valence-electron chi connectivity index (χ4n) is 1.89. The molecule has 4 nitrogen and oxygen atoms in total. The highest BCUT2D eigenvalue weighted by atomic mass is 16.5. The Bertz CT molecular complexity index is 390. The Hall–Kier alpha value is -1.48. The molecule has 1 aliphatic heterocycles. The van der Waals surface area contributed by atoms with Crippen molar-refractivity contribution in [1.82, 2.24) is 4.90 Å². The maximum absolute atomic E-state index is 10.00. The second-order valence-corrected chi connectivity index (χ2v) is 4.11. The first-order chi connectivity index (χ1) is 8.38. The summed E-state index contributed by atoms with van der Waals surface area (Å²) < 4.78 is 5.31. The number of hydrogen-bond donors (Lipinski definition) is 0. The number of carbonyl (C=O) groups excluding carboxylic acids is 1. The number of isocyanates is 1. The summed E-state index contributed by atoms with van der Waals surface area (Å²) in [6, 6.07) is 8.20. The maximum Gasteiger partial charge on any atom is 0.235 e. The van der Waals surface area contributed by atoms with E-state index in [2.05, 4.69) is 22.0 Å². The molecule has 0 N–H and O–H groups in total. The summed E-state index contributed by atoms with van der Waals surface area (Å²) in [6.07, 6.45) is 1.55. The molecule has 0 unspecified atom stereocenters. The lowest BCUT2D eigenvalue weighted by Gasteiger charge is -2.26. The third-order valence-corrected chi connectivity index (χ3v) is 2.86. The van der Waals surface area contributed by atoms with E-state index in [-0.39, 0.29) is 0 Å². The fraction of sp³-hybridized carbons (Fsp3) is 0.462. The van der Waals surface area contributed by atoms with E-state index < -0.39 is 0 Å². The van der Waals surface area contributed by atoms with E-state index >= 15 is 0 Å². The highest BCUT2D eigenvalue weighted by molar-refractivity contribution is 5.34. The molecular formula is C13H16N2O2. The topological polar surface area (TPSA) is 41.9 Å². The SMILES string of the molecule is O=C=NCc1ccc(CN2CCOCC2)cc1. The van der Waals surface area contributed by atoms with Crippen molar-refractivity contribution in [3.8, 4) is 0 Å². The average Bonchev–Trinajstić information content (AvgIpc) is 2.39. The Labute approximate surface area is 101 Å². The molecule has 0 spiro atoms. The summed E-state index contributed by atoms with van der Waals surface area (Å²) in [5.74, 6) is 0. The molecule has 1 aliphatic rings. The van der Waals surface area contributed by atoms with Gasteiger partial charge in [-0.3, -0.25) is 4.90 Å². The van der Waals surface area contributed by atoms with Gasteiger partial charge in [0.2, 0.25) is 6.08 Å². The van der Waals surface area contributed by atoms with Crippen molar-refractivity contribution in [3.05, 3.63) is 35.4 Å². The molecule has 1 fully saturated rings. The van der Waals surface area contributed by atoms with Crippen LogP contribution in [0.1, 0.15) is 11.1 Å². The average molecular weight is 232 g/mol. The van der Waals surface area contributed by atoms with Crippen LogP contribution in [0.5, 0.6) is 0 Å². The Morgan fingerprint density at radius 1 is 1.18 bits per heavy atom. The molecule has 0 aliphatic carbocycles. The first-order valence-electron chi connectivity index (χ1n) is 5.80. The van der Waals surface area contributed by atoms with Gasteiger partial charge in [0.25, 0.3) is 0 Å². The van der Waals surface area contributed by atoms with E-state index in [0.717, 1.165) is 38.4 Å². The maximum atomic E-state index is 10.00. The van der Waals surface area contributed by atoms with E-state index in [9.17, 15) is 4.79 Å². The van der Waals surface area contributed by atoms with Crippen molar-refractivity contribution >= 4 is 6.08 Å². The molecule has 1 aromatic rings. The van der Waals surface area contributed by atoms with Gasteiger partial charge in [-0.1, -0.05) is 24.3 Å². The molecule has 0 saturated carbocycles. The summed E-state index contributed by atoms with van der Waals surface area (Å²) in [6.45, 7) is 5.02. The lowest BCUT2D eigenvalue weighted by atomic mass is 10.1. The van der Waals surface area contributed by atoms with Crippen molar-refractivity contribution in [2.24, 2.45) is 4.99 Å². The van der Waals surface area contributed by atoms with Gasteiger partial charge >= 0.3 is 0 Å². The van der Waals surface area contributed by atoms with Crippen LogP contribution in [-0.2, 0) is 22.6 Å². The van der Waals surface area contributed by atoms with Gasteiger partial charge in [0.15, 0.2) is 0 Å². The third-order valence-electron chi connectivity index (χ3n) is 2.86. The summed E-state index contributed by atoms with van der Waals surface area (Å²) in [5.41, 5.74) is 2.32. The summed E-state index contributed by atoms with van der Waals surface area (Å²) in [4.78, 5) is 15.9.